The van der Waals surface area contributed by atoms with Gasteiger partial charge in [-0.25, -0.2) is 19.7 Å². The number of fused-ring (bicyclic) bond motifs is 1. The Morgan fingerprint density at radius 2 is 2.03 bits per heavy atom. The van der Waals surface area contributed by atoms with Crippen LogP contribution in [0.4, 0.5) is 10.6 Å². The van der Waals surface area contributed by atoms with Crippen LogP contribution in [0, 0.1) is 0 Å². The molecule has 0 spiro atoms. The van der Waals surface area contributed by atoms with E-state index in [1.807, 2.05) is 31.5 Å². The van der Waals surface area contributed by atoms with Crippen molar-refractivity contribution in [2.24, 2.45) is 0 Å². The number of hydrogen-bond acceptors (Lipinski definition) is 6. The summed E-state index contributed by atoms with van der Waals surface area (Å²) >= 11 is 9.82. The van der Waals surface area contributed by atoms with Crippen molar-refractivity contribution in [2.75, 3.05) is 24.5 Å². The van der Waals surface area contributed by atoms with Crippen molar-refractivity contribution in [3.05, 3.63) is 40.3 Å². The number of halogens is 2. The zero-order chi connectivity index (χ0) is 22.3. The number of anilines is 1. The summed E-state index contributed by atoms with van der Waals surface area (Å²) in [6.07, 6.45) is 4.85. The Bertz CT molecular complexity index is 1130. The Balaban J connectivity index is 1.64. The summed E-state index contributed by atoms with van der Waals surface area (Å²) in [5.74, 6) is 1.49. The number of pyridine rings is 1. The van der Waals surface area contributed by atoms with E-state index in [4.69, 9.17) is 16.3 Å². The second-order valence-electron chi connectivity index (χ2n) is 8.54. The van der Waals surface area contributed by atoms with Crippen LogP contribution in [0.3, 0.4) is 0 Å². The zero-order valence-electron chi connectivity index (χ0n) is 17.8. The van der Waals surface area contributed by atoms with Crippen molar-refractivity contribution in [3.8, 4) is 5.82 Å². The highest BCUT2D eigenvalue weighted by molar-refractivity contribution is 9.10. The summed E-state index contributed by atoms with van der Waals surface area (Å²) in [7, 11) is 0. The highest BCUT2D eigenvalue weighted by Gasteiger charge is 2.32. The van der Waals surface area contributed by atoms with E-state index in [1.165, 1.54) is 0 Å². The second-order valence-corrected chi connectivity index (χ2v) is 9.83. The summed E-state index contributed by atoms with van der Waals surface area (Å²) in [6.45, 7) is 9.44. The van der Waals surface area contributed by atoms with Crippen LogP contribution in [0.15, 0.2) is 35.3 Å². The third-order valence-electron chi connectivity index (χ3n) is 5.02. The van der Waals surface area contributed by atoms with Gasteiger partial charge in [-0.1, -0.05) is 11.6 Å². The topological polar surface area (TPSA) is 76.4 Å². The predicted octanol–water partition coefficient (Wildman–Crippen LogP) is 4.68. The molecule has 8 nitrogen and oxygen atoms in total. The van der Waals surface area contributed by atoms with E-state index >= 15 is 0 Å². The fourth-order valence-corrected chi connectivity index (χ4v) is 4.40. The predicted molar refractivity (Wildman–Crippen MR) is 124 cm³/mol. The third kappa shape index (κ3) is 4.48. The molecule has 1 aliphatic rings. The van der Waals surface area contributed by atoms with Gasteiger partial charge in [-0.15, -0.1) is 0 Å². The fourth-order valence-electron chi connectivity index (χ4n) is 3.68. The quantitative estimate of drug-likeness (QED) is 0.501. The number of carbonyl (C=O) groups is 1. The number of piperazine rings is 1. The number of rotatable bonds is 2. The van der Waals surface area contributed by atoms with Crippen LogP contribution in [0.5, 0.6) is 0 Å². The molecule has 1 amide bonds. The largest absolute Gasteiger partial charge is 0.444 e. The van der Waals surface area contributed by atoms with Crippen LogP contribution in [0.1, 0.15) is 27.7 Å². The molecule has 1 atom stereocenters. The molecule has 0 radical (unpaired) electrons. The Kier molecular flexibility index (Phi) is 5.83. The highest BCUT2D eigenvalue weighted by Crippen LogP contribution is 2.35. The first kappa shape index (κ1) is 21.8. The van der Waals surface area contributed by atoms with E-state index in [-0.39, 0.29) is 12.1 Å². The summed E-state index contributed by atoms with van der Waals surface area (Å²) in [5, 5.41) is 1.49. The molecule has 0 bridgehead atoms. The van der Waals surface area contributed by atoms with Gasteiger partial charge in [0.15, 0.2) is 5.65 Å². The van der Waals surface area contributed by atoms with Crippen LogP contribution in [0.25, 0.3) is 16.9 Å². The maximum absolute atomic E-state index is 12.5. The molecule has 10 heteroatoms. The van der Waals surface area contributed by atoms with Gasteiger partial charge in [0.05, 0.1) is 5.39 Å². The normalized spacial score (nSPS) is 17.3. The molecule has 164 valence electrons. The molecule has 31 heavy (non-hydrogen) atoms. The van der Waals surface area contributed by atoms with E-state index in [9.17, 15) is 4.79 Å². The number of amides is 1. The first-order valence-electron chi connectivity index (χ1n) is 10.0. The van der Waals surface area contributed by atoms with Gasteiger partial charge in [-0.3, -0.25) is 4.57 Å². The maximum Gasteiger partial charge on any atom is 0.410 e. The SMILES string of the molecule is C[C@H]1CN(C(=O)OC(C)(C)C)CCN1c1ncnc2c1c(Br)cn2-c1cc(Cl)ccn1. The Morgan fingerprint density at radius 1 is 1.26 bits per heavy atom. The lowest BCUT2D eigenvalue weighted by molar-refractivity contribution is 0.0218. The van der Waals surface area contributed by atoms with Crippen LogP contribution < -0.4 is 4.90 Å². The fraction of sp³-hybridized carbons (Fsp3) is 0.429. The Hall–Kier alpha value is -2.39. The van der Waals surface area contributed by atoms with Crippen molar-refractivity contribution in [3.63, 3.8) is 0 Å². The highest BCUT2D eigenvalue weighted by atomic mass is 79.9. The number of nitrogens with zero attached hydrogens (tertiary/aromatic N) is 6. The Morgan fingerprint density at radius 3 is 2.71 bits per heavy atom. The third-order valence-corrected chi connectivity index (χ3v) is 5.86. The van der Waals surface area contributed by atoms with Gasteiger partial charge in [0.25, 0.3) is 0 Å². The number of ether oxygens (including phenoxy) is 1. The van der Waals surface area contributed by atoms with Crippen molar-refractivity contribution < 1.29 is 9.53 Å². The number of aromatic nitrogens is 4. The second kappa shape index (κ2) is 8.27. The van der Waals surface area contributed by atoms with Crippen LogP contribution >= 0.6 is 27.5 Å². The smallest absolute Gasteiger partial charge is 0.410 e. The van der Waals surface area contributed by atoms with E-state index in [1.54, 1.807) is 29.6 Å². The van der Waals surface area contributed by atoms with Gasteiger partial charge in [0.2, 0.25) is 0 Å². The van der Waals surface area contributed by atoms with Gasteiger partial charge in [-0.2, -0.15) is 0 Å². The molecule has 0 aliphatic carbocycles. The summed E-state index contributed by atoms with van der Waals surface area (Å²) in [6, 6.07) is 3.58. The maximum atomic E-state index is 12.5. The van der Waals surface area contributed by atoms with Crippen molar-refractivity contribution >= 4 is 50.5 Å². The first-order valence-corrected chi connectivity index (χ1v) is 11.2. The number of carbonyl (C=O) groups excluding carboxylic acids is 1. The standard InChI is InChI=1S/C21H24BrClN6O2/c1-13-10-27(20(30)31-21(2,3)4)7-8-28(13)18-17-15(22)11-29(19(17)26-12-25-18)16-9-14(23)5-6-24-16/h5-6,9,11-13H,7-8,10H2,1-4H3/t13-/m0/s1. The molecule has 3 aromatic rings. The van der Waals surface area contributed by atoms with Gasteiger partial charge in [0, 0.05) is 53.6 Å². The van der Waals surface area contributed by atoms with E-state index in [0.29, 0.717) is 30.5 Å². The monoisotopic (exact) mass is 506 g/mol. The molecular weight excluding hydrogens is 484 g/mol. The molecular formula is C21H24BrClN6O2. The van der Waals surface area contributed by atoms with Crippen molar-refractivity contribution in [1.29, 1.82) is 0 Å². The molecule has 1 aliphatic heterocycles. The lowest BCUT2D eigenvalue weighted by Gasteiger charge is -2.41. The summed E-state index contributed by atoms with van der Waals surface area (Å²) < 4.78 is 8.28. The molecule has 4 heterocycles. The van der Waals surface area contributed by atoms with Crippen molar-refractivity contribution in [1.82, 2.24) is 24.4 Å². The lowest BCUT2D eigenvalue weighted by atomic mass is 10.1. The first-order chi connectivity index (χ1) is 14.6. The molecule has 4 rings (SSSR count). The average Bonchev–Trinajstić information content (AvgIpc) is 3.04. The van der Waals surface area contributed by atoms with Gasteiger partial charge in [0.1, 0.15) is 23.6 Å². The Labute approximate surface area is 194 Å². The average molecular weight is 508 g/mol. The molecule has 1 fully saturated rings. The molecule has 3 aromatic heterocycles. The van der Waals surface area contributed by atoms with Gasteiger partial charge >= 0.3 is 6.09 Å². The van der Waals surface area contributed by atoms with E-state index in [0.717, 1.165) is 21.3 Å². The lowest BCUT2D eigenvalue weighted by Crippen LogP contribution is -2.54. The van der Waals surface area contributed by atoms with Crippen LogP contribution in [-0.2, 0) is 4.74 Å². The minimum atomic E-state index is -0.515. The zero-order valence-corrected chi connectivity index (χ0v) is 20.2. The van der Waals surface area contributed by atoms with Crippen LogP contribution in [0.2, 0.25) is 5.02 Å². The molecule has 1 saturated heterocycles. The van der Waals surface area contributed by atoms with Gasteiger partial charge < -0.3 is 14.5 Å². The summed E-state index contributed by atoms with van der Waals surface area (Å²) in [5.41, 5.74) is 0.215. The van der Waals surface area contributed by atoms with Gasteiger partial charge in [-0.05, 0) is 49.7 Å². The van der Waals surface area contributed by atoms with E-state index in [2.05, 4.69) is 42.7 Å². The number of hydrogen-bond donors (Lipinski definition) is 0. The van der Waals surface area contributed by atoms with E-state index < -0.39 is 5.60 Å². The molecule has 0 saturated carbocycles. The molecule has 0 aromatic carbocycles. The minimum absolute atomic E-state index is 0.0545. The van der Waals surface area contributed by atoms with Crippen molar-refractivity contribution in [2.45, 2.75) is 39.3 Å². The molecule has 0 unspecified atom stereocenters. The molecule has 0 N–H and O–H groups in total. The minimum Gasteiger partial charge on any atom is -0.444 e. The summed E-state index contributed by atoms with van der Waals surface area (Å²) in [4.78, 5) is 29.9. The van der Waals surface area contributed by atoms with Crippen LogP contribution in [-0.4, -0.2) is 61.8 Å².